The Kier molecular flexibility index (Phi) is 3.94. The van der Waals surface area contributed by atoms with Crippen LogP contribution in [0.4, 0.5) is 0 Å². The van der Waals surface area contributed by atoms with E-state index < -0.39 is 9.73 Å². The molecular weight excluding hydrogens is 146 g/mol. The average molecular weight is 163 g/mol. The second kappa shape index (κ2) is 3.96. The molecule has 0 heterocycles. The molecule has 1 atom stereocenters. The maximum Gasteiger partial charge on any atom is 0.0412 e. The van der Waals surface area contributed by atoms with E-state index in [-0.39, 0.29) is 0 Å². The van der Waals surface area contributed by atoms with Gasteiger partial charge in [-0.1, -0.05) is 20.3 Å². The van der Waals surface area contributed by atoms with Crippen LogP contribution >= 0.6 is 0 Å². The summed E-state index contributed by atoms with van der Waals surface area (Å²) < 4.78 is 17.9. The zero-order valence-corrected chi connectivity index (χ0v) is 7.83. The summed E-state index contributed by atoms with van der Waals surface area (Å²) >= 11 is 0. The molecule has 62 valence electrons. The number of hydrogen-bond donors (Lipinski definition) is 1. The minimum absolute atomic E-state index is 0.561. The molecule has 0 spiro atoms. The molecule has 0 saturated heterocycles. The fraction of sp³-hybridized carbons (Fsp3) is 1.00. The zero-order valence-electron chi connectivity index (χ0n) is 7.02. The Morgan fingerprint density at radius 2 is 2.00 bits per heavy atom. The highest BCUT2D eigenvalue weighted by Gasteiger charge is 1.98. The van der Waals surface area contributed by atoms with Crippen molar-refractivity contribution in [3.8, 4) is 0 Å². The van der Waals surface area contributed by atoms with Gasteiger partial charge in [0.1, 0.15) is 0 Å². The quantitative estimate of drug-likeness (QED) is 0.677. The van der Waals surface area contributed by atoms with Gasteiger partial charge in [0, 0.05) is 21.7 Å². The molecule has 0 bridgehead atoms. The maximum absolute atomic E-state index is 10.8. The van der Waals surface area contributed by atoms with E-state index in [2.05, 4.69) is 13.8 Å². The van der Waals surface area contributed by atoms with E-state index in [9.17, 15) is 4.21 Å². The zero-order chi connectivity index (χ0) is 8.20. The summed E-state index contributed by atoms with van der Waals surface area (Å²) in [5, 5.41) is 0. The van der Waals surface area contributed by atoms with Crippen molar-refractivity contribution in [3.63, 3.8) is 0 Å². The molecule has 0 amide bonds. The molecule has 0 saturated carbocycles. The highest BCUT2D eigenvalue weighted by molar-refractivity contribution is 7.91. The molecule has 3 heteroatoms. The molecule has 0 aromatic rings. The Balaban J connectivity index is 3.39. The molecule has 0 aromatic heterocycles. The van der Waals surface area contributed by atoms with E-state index in [4.69, 9.17) is 4.78 Å². The lowest BCUT2D eigenvalue weighted by Gasteiger charge is -2.03. The Morgan fingerprint density at radius 3 is 2.30 bits per heavy atom. The molecule has 2 nitrogen and oxygen atoms in total. The monoisotopic (exact) mass is 163 g/mol. The van der Waals surface area contributed by atoms with Crippen LogP contribution in [0.1, 0.15) is 26.7 Å². The van der Waals surface area contributed by atoms with Gasteiger partial charge >= 0.3 is 0 Å². The fourth-order valence-electron chi connectivity index (χ4n) is 0.767. The van der Waals surface area contributed by atoms with Gasteiger partial charge in [0.05, 0.1) is 0 Å². The SMILES string of the molecule is CC(C)CCCS(C)(=N)=O. The number of hydrogen-bond acceptors (Lipinski definition) is 2. The van der Waals surface area contributed by atoms with E-state index in [1.807, 2.05) is 0 Å². The molecule has 0 aliphatic heterocycles. The molecule has 0 aliphatic rings. The van der Waals surface area contributed by atoms with Gasteiger partial charge in [-0.15, -0.1) is 0 Å². The molecule has 0 fully saturated rings. The molecule has 10 heavy (non-hydrogen) atoms. The standard InChI is InChI=1S/C7H17NOS/c1-7(2)5-4-6-10(3,8)9/h7-8H,4-6H2,1-3H3. The van der Waals surface area contributed by atoms with Crippen molar-refractivity contribution in [2.45, 2.75) is 26.7 Å². The summed E-state index contributed by atoms with van der Waals surface area (Å²) in [4.78, 5) is 0. The molecule has 0 aliphatic carbocycles. The van der Waals surface area contributed by atoms with Crippen molar-refractivity contribution in [1.29, 1.82) is 4.78 Å². The van der Waals surface area contributed by atoms with Crippen LogP contribution in [-0.4, -0.2) is 16.2 Å². The molecule has 0 radical (unpaired) electrons. The Labute approximate surface area is 64.0 Å². The summed E-state index contributed by atoms with van der Waals surface area (Å²) in [5.74, 6) is 1.23. The smallest absolute Gasteiger partial charge is 0.0412 e. The predicted octanol–water partition coefficient (Wildman–Crippen LogP) is 2.10. The lowest BCUT2D eigenvalue weighted by molar-refractivity contribution is 0.575. The molecule has 0 rings (SSSR count). The third-order valence-electron chi connectivity index (χ3n) is 1.32. The van der Waals surface area contributed by atoms with Gasteiger partial charge in [-0.3, -0.25) is 8.99 Å². The first-order chi connectivity index (χ1) is 4.42. The van der Waals surface area contributed by atoms with Crippen molar-refractivity contribution < 1.29 is 4.21 Å². The molecule has 1 unspecified atom stereocenters. The molecule has 0 aromatic carbocycles. The first-order valence-electron chi connectivity index (χ1n) is 3.63. The summed E-state index contributed by atoms with van der Waals surface area (Å²) in [5.41, 5.74) is 0. The first kappa shape index (κ1) is 9.95. The maximum atomic E-state index is 10.8. The van der Waals surface area contributed by atoms with E-state index in [1.165, 1.54) is 6.26 Å². The van der Waals surface area contributed by atoms with Crippen molar-refractivity contribution in [2.75, 3.05) is 12.0 Å². The van der Waals surface area contributed by atoms with E-state index in [0.29, 0.717) is 11.7 Å². The minimum Gasteiger partial charge on any atom is -0.253 e. The van der Waals surface area contributed by atoms with Crippen LogP contribution in [0.2, 0.25) is 0 Å². The normalized spacial score (nSPS) is 17.2. The Hall–Kier alpha value is -0.0500. The summed E-state index contributed by atoms with van der Waals surface area (Å²) in [7, 11) is -2.22. The van der Waals surface area contributed by atoms with Crippen LogP contribution in [0, 0.1) is 10.7 Å². The number of rotatable bonds is 4. The van der Waals surface area contributed by atoms with Crippen LogP contribution in [-0.2, 0) is 9.73 Å². The summed E-state index contributed by atoms with van der Waals surface area (Å²) in [6, 6.07) is 0. The van der Waals surface area contributed by atoms with Crippen molar-refractivity contribution >= 4 is 9.73 Å². The van der Waals surface area contributed by atoms with Gasteiger partial charge in [0.25, 0.3) is 0 Å². The van der Waals surface area contributed by atoms with Gasteiger partial charge in [-0.25, -0.2) is 0 Å². The largest absolute Gasteiger partial charge is 0.253 e. The lowest BCUT2D eigenvalue weighted by Crippen LogP contribution is -2.02. The highest BCUT2D eigenvalue weighted by atomic mass is 32.2. The first-order valence-corrected chi connectivity index (χ1v) is 5.77. The van der Waals surface area contributed by atoms with Gasteiger partial charge in [-0.2, -0.15) is 0 Å². The lowest BCUT2D eigenvalue weighted by atomic mass is 10.1. The van der Waals surface area contributed by atoms with Crippen LogP contribution in [0.5, 0.6) is 0 Å². The third kappa shape index (κ3) is 7.95. The van der Waals surface area contributed by atoms with Gasteiger partial charge in [-0.05, 0) is 12.3 Å². The van der Waals surface area contributed by atoms with Crippen molar-refractivity contribution in [2.24, 2.45) is 5.92 Å². The van der Waals surface area contributed by atoms with Crippen LogP contribution < -0.4 is 0 Å². The van der Waals surface area contributed by atoms with Gasteiger partial charge in [0.15, 0.2) is 0 Å². The van der Waals surface area contributed by atoms with Crippen molar-refractivity contribution in [1.82, 2.24) is 0 Å². The summed E-state index contributed by atoms with van der Waals surface area (Å²) in [6.45, 7) is 4.28. The average Bonchev–Trinajstić information content (AvgIpc) is 1.59. The third-order valence-corrected chi connectivity index (χ3v) is 2.38. The van der Waals surface area contributed by atoms with Crippen molar-refractivity contribution in [3.05, 3.63) is 0 Å². The molecular formula is C7H17NOS. The van der Waals surface area contributed by atoms with E-state index in [1.54, 1.807) is 0 Å². The Morgan fingerprint density at radius 1 is 1.50 bits per heavy atom. The topological polar surface area (TPSA) is 40.9 Å². The van der Waals surface area contributed by atoms with Gasteiger partial charge in [0.2, 0.25) is 0 Å². The van der Waals surface area contributed by atoms with E-state index in [0.717, 1.165) is 12.8 Å². The van der Waals surface area contributed by atoms with Crippen LogP contribution in [0.15, 0.2) is 0 Å². The van der Waals surface area contributed by atoms with Crippen LogP contribution in [0.3, 0.4) is 0 Å². The Bertz CT molecular complexity index is 170. The van der Waals surface area contributed by atoms with Crippen LogP contribution in [0.25, 0.3) is 0 Å². The predicted molar refractivity (Wildman–Crippen MR) is 45.7 cm³/mol. The molecule has 1 N–H and O–H groups in total. The van der Waals surface area contributed by atoms with Gasteiger partial charge < -0.3 is 0 Å². The second-order valence-electron chi connectivity index (χ2n) is 3.25. The number of nitrogens with one attached hydrogen (secondary N) is 1. The summed E-state index contributed by atoms with van der Waals surface area (Å²) in [6.07, 6.45) is 3.52. The minimum atomic E-state index is -2.22. The second-order valence-corrected chi connectivity index (χ2v) is 5.66. The fourth-order valence-corrected chi connectivity index (χ4v) is 1.48. The highest BCUT2D eigenvalue weighted by Crippen LogP contribution is 2.04. The van der Waals surface area contributed by atoms with E-state index >= 15 is 0 Å².